The molecule has 0 aliphatic carbocycles. The van der Waals surface area contributed by atoms with Crippen LogP contribution in [0.2, 0.25) is 0 Å². The van der Waals surface area contributed by atoms with E-state index in [4.69, 9.17) is 5.11 Å². The molecule has 4 nitrogen and oxygen atoms in total. The summed E-state index contributed by atoms with van der Waals surface area (Å²) >= 11 is 2.77. The number of aromatic nitrogens is 1. The van der Waals surface area contributed by atoms with Crippen molar-refractivity contribution in [2.45, 2.75) is 26.9 Å². The van der Waals surface area contributed by atoms with Crippen molar-refractivity contribution in [3.8, 4) is 0 Å². The molecule has 0 spiro atoms. The van der Waals surface area contributed by atoms with Crippen LogP contribution in [0, 0.1) is 13.8 Å². The smallest absolute Gasteiger partial charge is 0.346 e. The topological polar surface area (TPSA) is 62.2 Å². The molecule has 6 heteroatoms. The standard InChI is InChI=1S/C12H14N2O2S2/c1-7-10(8(2)18-14-7)6-13-5-9-3-4-17-11(9)12(15)16/h3-4,13H,5-6H2,1-2H3,(H,15,16). The van der Waals surface area contributed by atoms with Gasteiger partial charge >= 0.3 is 5.97 Å². The van der Waals surface area contributed by atoms with E-state index in [1.165, 1.54) is 33.3 Å². The summed E-state index contributed by atoms with van der Waals surface area (Å²) in [4.78, 5) is 12.6. The molecular weight excluding hydrogens is 268 g/mol. The molecule has 18 heavy (non-hydrogen) atoms. The Morgan fingerprint density at radius 2 is 2.22 bits per heavy atom. The van der Waals surface area contributed by atoms with Crippen LogP contribution < -0.4 is 5.32 Å². The van der Waals surface area contributed by atoms with E-state index in [0.29, 0.717) is 11.4 Å². The highest BCUT2D eigenvalue weighted by Gasteiger charge is 2.11. The third-order valence-electron chi connectivity index (χ3n) is 2.74. The predicted octanol–water partition coefficient (Wildman–Crippen LogP) is 2.81. The van der Waals surface area contributed by atoms with Crippen LogP contribution in [0.3, 0.4) is 0 Å². The number of rotatable bonds is 5. The Bertz CT molecular complexity index is 541. The van der Waals surface area contributed by atoms with Crippen molar-refractivity contribution in [2.24, 2.45) is 0 Å². The third-order valence-corrected chi connectivity index (χ3v) is 4.57. The molecule has 0 aliphatic rings. The lowest BCUT2D eigenvalue weighted by molar-refractivity contribution is 0.0701. The fourth-order valence-electron chi connectivity index (χ4n) is 1.74. The Kier molecular flexibility index (Phi) is 4.11. The second-order valence-corrected chi connectivity index (χ2v) is 5.88. The van der Waals surface area contributed by atoms with Crippen molar-refractivity contribution in [3.05, 3.63) is 38.0 Å². The molecule has 0 aromatic carbocycles. The summed E-state index contributed by atoms with van der Waals surface area (Å²) in [7, 11) is 0. The zero-order valence-electron chi connectivity index (χ0n) is 10.2. The van der Waals surface area contributed by atoms with E-state index in [1.54, 1.807) is 0 Å². The molecule has 0 unspecified atom stereocenters. The second kappa shape index (κ2) is 5.60. The van der Waals surface area contributed by atoms with Gasteiger partial charge in [-0.3, -0.25) is 0 Å². The Morgan fingerprint density at radius 1 is 1.44 bits per heavy atom. The summed E-state index contributed by atoms with van der Waals surface area (Å²) in [6, 6.07) is 1.85. The lowest BCUT2D eigenvalue weighted by Crippen LogP contribution is -2.14. The van der Waals surface area contributed by atoms with Crippen molar-refractivity contribution >= 4 is 28.8 Å². The summed E-state index contributed by atoms with van der Waals surface area (Å²) in [6.07, 6.45) is 0. The molecule has 0 saturated heterocycles. The van der Waals surface area contributed by atoms with Gasteiger partial charge in [0.05, 0.1) is 5.69 Å². The van der Waals surface area contributed by atoms with Gasteiger partial charge in [-0.05, 0) is 42.4 Å². The lowest BCUT2D eigenvalue weighted by atomic mass is 10.2. The average molecular weight is 282 g/mol. The summed E-state index contributed by atoms with van der Waals surface area (Å²) in [5.74, 6) is -0.855. The van der Waals surface area contributed by atoms with Gasteiger partial charge in [0.15, 0.2) is 0 Å². The Hall–Kier alpha value is -1.24. The monoisotopic (exact) mass is 282 g/mol. The van der Waals surface area contributed by atoms with E-state index in [1.807, 2.05) is 18.4 Å². The fraction of sp³-hybridized carbons (Fsp3) is 0.333. The first-order valence-corrected chi connectivity index (χ1v) is 7.17. The van der Waals surface area contributed by atoms with Gasteiger partial charge in [-0.15, -0.1) is 11.3 Å². The maximum absolute atomic E-state index is 11.0. The molecule has 2 heterocycles. The van der Waals surface area contributed by atoms with E-state index in [0.717, 1.165) is 17.8 Å². The van der Waals surface area contributed by atoms with E-state index in [2.05, 4.69) is 16.6 Å². The highest BCUT2D eigenvalue weighted by Crippen LogP contribution is 2.19. The number of carboxylic acids is 1. The molecule has 2 aromatic rings. The molecule has 0 aliphatic heterocycles. The molecule has 0 atom stereocenters. The number of hydrogen-bond donors (Lipinski definition) is 2. The molecule has 0 saturated carbocycles. The van der Waals surface area contributed by atoms with Gasteiger partial charge in [-0.1, -0.05) is 0 Å². The molecule has 2 rings (SSSR count). The Morgan fingerprint density at radius 3 is 2.83 bits per heavy atom. The van der Waals surface area contributed by atoms with Crippen LogP contribution in [0.5, 0.6) is 0 Å². The molecule has 0 fully saturated rings. The van der Waals surface area contributed by atoms with Gasteiger partial charge in [-0.25, -0.2) is 4.79 Å². The predicted molar refractivity (Wildman–Crippen MR) is 73.4 cm³/mol. The van der Waals surface area contributed by atoms with Gasteiger partial charge in [0.2, 0.25) is 0 Å². The summed E-state index contributed by atoms with van der Waals surface area (Å²) in [6.45, 7) is 5.34. The van der Waals surface area contributed by atoms with Crippen molar-refractivity contribution in [2.75, 3.05) is 0 Å². The van der Waals surface area contributed by atoms with E-state index < -0.39 is 5.97 Å². The third kappa shape index (κ3) is 2.77. The normalized spacial score (nSPS) is 10.8. The van der Waals surface area contributed by atoms with Gasteiger partial charge in [0.25, 0.3) is 0 Å². The first kappa shape index (κ1) is 13.2. The van der Waals surface area contributed by atoms with Gasteiger partial charge in [0.1, 0.15) is 4.88 Å². The molecule has 2 aromatic heterocycles. The number of aromatic carboxylic acids is 1. The summed E-state index contributed by atoms with van der Waals surface area (Å²) in [5, 5.41) is 14.1. The Labute approximate surface area is 113 Å². The van der Waals surface area contributed by atoms with E-state index in [9.17, 15) is 4.79 Å². The van der Waals surface area contributed by atoms with Crippen LogP contribution in [0.25, 0.3) is 0 Å². The fourth-order valence-corrected chi connectivity index (χ4v) is 3.21. The number of nitrogens with one attached hydrogen (secondary N) is 1. The molecule has 96 valence electrons. The lowest BCUT2D eigenvalue weighted by Gasteiger charge is -2.05. The van der Waals surface area contributed by atoms with E-state index in [-0.39, 0.29) is 0 Å². The van der Waals surface area contributed by atoms with Gasteiger partial charge in [0, 0.05) is 23.5 Å². The summed E-state index contributed by atoms with van der Waals surface area (Å²) < 4.78 is 4.29. The number of aryl methyl sites for hydroxylation is 2. The van der Waals surface area contributed by atoms with Crippen LogP contribution in [0.15, 0.2) is 11.4 Å². The maximum atomic E-state index is 11.0. The first-order chi connectivity index (χ1) is 8.59. The summed E-state index contributed by atoms with van der Waals surface area (Å²) in [5.41, 5.74) is 3.10. The molecule has 0 bridgehead atoms. The highest BCUT2D eigenvalue weighted by atomic mass is 32.1. The zero-order valence-corrected chi connectivity index (χ0v) is 11.8. The average Bonchev–Trinajstić information content (AvgIpc) is 2.90. The molecule has 2 N–H and O–H groups in total. The van der Waals surface area contributed by atoms with Crippen molar-refractivity contribution in [1.29, 1.82) is 0 Å². The first-order valence-electron chi connectivity index (χ1n) is 5.51. The molecular formula is C12H14N2O2S2. The Balaban J connectivity index is 1.97. The van der Waals surface area contributed by atoms with Crippen LogP contribution in [0.1, 0.15) is 31.4 Å². The highest BCUT2D eigenvalue weighted by molar-refractivity contribution is 7.12. The maximum Gasteiger partial charge on any atom is 0.346 e. The van der Waals surface area contributed by atoms with E-state index >= 15 is 0 Å². The van der Waals surface area contributed by atoms with Gasteiger partial charge in [-0.2, -0.15) is 4.37 Å². The van der Waals surface area contributed by atoms with Crippen molar-refractivity contribution in [3.63, 3.8) is 0 Å². The number of hydrogen-bond acceptors (Lipinski definition) is 5. The quantitative estimate of drug-likeness (QED) is 0.885. The number of nitrogens with zero attached hydrogens (tertiary/aromatic N) is 1. The molecule has 0 amide bonds. The second-order valence-electron chi connectivity index (χ2n) is 3.99. The SMILES string of the molecule is Cc1nsc(C)c1CNCc1ccsc1C(=O)O. The minimum atomic E-state index is -0.855. The largest absolute Gasteiger partial charge is 0.477 e. The van der Waals surface area contributed by atoms with Crippen LogP contribution >= 0.6 is 22.9 Å². The number of thiophene rings is 1. The molecule has 0 radical (unpaired) electrons. The van der Waals surface area contributed by atoms with Crippen LogP contribution in [0.4, 0.5) is 0 Å². The van der Waals surface area contributed by atoms with Crippen LogP contribution in [-0.2, 0) is 13.1 Å². The van der Waals surface area contributed by atoms with Gasteiger partial charge < -0.3 is 10.4 Å². The number of carbonyl (C=O) groups is 1. The van der Waals surface area contributed by atoms with Crippen LogP contribution in [-0.4, -0.2) is 15.4 Å². The zero-order chi connectivity index (χ0) is 13.1. The number of carboxylic acid groups (broad SMARTS) is 1. The minimum Gasteiger partial charge on any atom is -0.477 e. The minimum absolute atomic E-state index is 0.416. The van der Waals surface area contributed by atoms with Crippen molar-refractivity contribution < 1.29 is 9.90 Å². The van der Waals surface area contributed by atoms with Crippen molar-refractivity contribution in [1.82, 2.24) is 9.69 Å².